The molecule has 0 spiro atoms. The number of hydrogen-bond acceptors (Lipinski definition) is 4. The number of rotatable bonds is 4. The van der Waals surface area contributed by atoms with E-state index in [0.29, 0.717) is 0 Å². The van der Waals surface area contributed by atoms with E-state index in [-0.39, 0.29) is 6.04 Å². The number of nitrogens with one attached hydrogen (secondary N) is 2. The van der Waals surface area contributed by atoms with Gasteiger partial charge in [0, 0.05) is 6.42 Å². The largest absolute Gasteiger partial charge is 0.496 e. The van der Waals surface area contributed by atoms with Crippen molar-refractivity contribution in [3.8, 4) is 0 Å². The summed E-state index contributed by atoms with van der Waals surface area (Å²) < 4.78 is 5.50. The third-order valence-corrected chi connectivity index (χ3v) is 2.13. The van der Waals surface area contributed by atoms with Crippen LogP contribution in [0.5, 0.6) is 0 Å². The smallest absolute Gasteiger partial charge is 0.149 e. The fourth-order valence-electron chi connectivity index (χ4n) is 1.53. The standard InChI is InChI=1S/C9H14N4O/c1-2-10-8(7-4-3-5-14-7)9-11-6-12-13-9/h4,6,8,10H,2-3,5H2,1H3,(H,11,12,13). The van der Waals surface area contributed by atoms with Crippen LogP contribution in [0.15, 0.2) is 18.2 Å². The topological polar surface area (TPSA) is 62.8 Å². The summed E-state index contributed by atoms with van der Waals surface area (Å²) in [5, 5.41) is 9.99. The molecule has 1 aliphatic rings. The Labute approximate surface area is 82.6 Å². The van der Waals surface area contributed by atoms with Crippen molar-refractivity contribution < 1.29 is 4.74 Å². The molecular formula is C9H14N4O. The summed E-state index contributed by atoms with van der Waals surface area (Å²) in [7, 11) is 0. The van der Waals surface area contributed by atoms with Crippen molar-refractivity contribution in [2.24, 2.45) is 0 Å². The van der Waals surface area contributed by atoms with E-state index in [1.165, 1.54) is 6.33 Å². The van der Waals surface area contributed by atoms with Crippen molar-refractivity contribution in [3.05, 3.63) is 24.0 Å². The number of hydrogen-bond donors (Lipinski definition) is 2. The first-order chi connectivity index (χ1) is 6.92. The molecule has 0 amide bonds. The van der Waals surface area contributed by atoms with Gasteiger partial charge in [0.2, 0.25) is 0 Å². The Bertz CT molecular complexity index is 307. The first-order valence-electron chi connectivity index (χ1n) is 4.83. The Balaban J connectivity index is 2.15. The van der Waals surface area contributed by atoms with Crippen LogP contribution in [0.4, 0.5) is 0 Å². The van der Waals surface area contributed by atoms with Crippen LogP contribution in [-0.2, 0) is 4.74 Å². The van der Waals surface area contributed by atoms with Crippen molar-refractivity contribution in [3.63, 3.8) is 0 Å². The molecule has 1 aromatic heterocycles. The maximum Gasteiger partial charge on any atom is 0.149 e. The molecule has 0 saturated heterocycles. The van der Waals surface area contributed by atoms with Gasteiger partial charge >= 0.3 is 0 Å². The molecule has 2 rings (SSSR count). The molecule has 0 fully saturated rings. The van der Waals surface area contributed by atoms with Crippen LogP contribution in [-0.4, -0.2) is 28.3 Å². The first-order valence-corrected chi connectivity index (χ1v) is 4.83. The lowest BCUT2D eigenvalue weighted by atomic mass is 10.2. The molecule has 0 aromatic carbocycles. The van der Waals surface area contributed by atoms with E-state index in [0.717, 1.165) is 31.2 Å². The fourth-order valence-corrected chi connectivity index (χ4v) is 1.53. The highest BCUT2D eigenvalue weighted by Crippen LogP contribution is 2.23. The van der Waals surface area contributed by atoms with Crippen LogP contribution in [0.25, 0.3) is 0 Å². The van der Waals surface area contributed by atoms with Crippen LogP contribution in [0, 0.1) is 0 Å². The zero-order valence-corrected chi connectivity index (χ0v) is 8.16. The summed E-state index contributed by atoms with van der Waals surface area (Å²) in [4.78, 5) is 4.13. The molecule has 1 atom stereocenters. The van der Waals surface area contributed by atoms with Gasteiger partial charge in [-0.25, -0.2) is 4.98 Å². The third kappa shape index (κ3) is 1.77. The van der Waals surface area contributed by atoms with E-state index in [2.05, 4.69) is 33.5 Å². The van der Waals surface area contributed by atoms with E-state index in [9.17, 15) is 0 Å². The van der Waals surface area contributed by atoms with Gasteiger partial charge in [-0.1, -0.05) is 6.92 Å². The van der Waals surface area contributed by atoms with Crippen molar-refractivity contribution >= 4 is 0 Å². The molecule has 0 aliphatic carbocycles. The second kappa shape index (κ2) is 4.23. The first kappa shape index (κ1) is 9.21. The predicted octanol–water partition coefficient (Wildman–Crippen LogP) is 0.759. The average Bonchev–Trinajstić information content (AvgIpc) is 2.87. The third-order valence-electron chi connectivity index (χ3n) is 2.13. The Hall–Kier alpha value is -1.36. The summed E-state index contributed by atoms with van der Waals surface area (Å²) in [6.45, 7) is 3.69. The maximum atomic E-state index is 5.50. The fraction of sp³-hybridized carbons (Fsp3) is 0.556. The minimum Gasteiger partial charge on any atom is -0.496 e. The predicted molar refractivity (Wildman–Crippen MR) is 51.5 cm³/mol. The summed E-state index contributed by atoms with van der Waals surface area (Å²) in [5.41, 5.74) is 0. The number of H-pyrrole nitrogens is 1. The van der Waals surface area contributed by atoms with Crippen molar-refractivity contribution in [2.75, 3.05) is 13.2 Å². The highest BCUT2D eigenvalue weighted by molar-refractivity contribution is 5.13. The van der Waals surface area contributed by atoms with Crippen molar-refractivity contribution in [1.29, 1.82) is 0 Å². The SMILES string of the molecule is CCNC(C1=CCCO1)c1ncn[nH]1. The van der Waals surface area contributed by atoms with Crippen LogP contribution in [0.1, 0.15) is 25.2 Å². The second-order valence-corrected chi connectivity index (χ2v) is 3.11. The van der Waals surface area contributed by atoms with E-state index in [4.69, 9.17) is 4.74 Å². The number of ether oxygens (including phenoxy) is 1. The van der Waals surface area contributed by atoms with Crippen LogP contribution in [0.3, 0.4) is 0 Å². The minimum atomic E-state index is 0.0185. The summed E-state index contributed by atoms with van der Waals surface area (Å²) >= 11 is 0. The molecule has 5 heteroatoms. The van der Waals surface area contributed by atoms with Crippen molar-refractivity contribution in [1.82, 2.24) is 20.5 Å². The lowest BCUT2D eigenvalue weighted by Gasteiger charge is -2.15. The number of likely N-dealkylation sites (N-methyl/N-ethyl adjacent to an activating group) is 1. The van der Waals surface area contributed by atoms with E-state index in [1.807, 2.05) is 0 Å². The van der Waals surface area contributed by atoms with Gasteiger partial charge in [0.05, 0.1) is 6.61 Å². The highest BCUT2D eigenvalue weighted by Gasteiger charge is 2.21. The molecule has 14 heavy (non-hydrogen) atoms. The molecule has 5 nitrogen and oxygen atoms in total. The molecule has 1 unspecified atom stereocenters. The molecule has 0 radical (unpaired) electrons. The summed E-state index contributed by atoms with van der Waals surface area (Å²) in [5.74, 6) is 1.75. The Morgan fingerprint density at radius 1 is 1.71 bits per heavy atom. The summed E-state index contributed by atoms with van der Waals surface area (Å²) in [6, 6.07) is 0.0185. The van der Waals surface area contributed by atoms with Gasteiger partial charge in [0.15, 0.2) is 0 Å². The van der Waals surface area contributed by atoms with Crippen LogP contribution in [0.2, 0.25) is 0 Å². The van der Waals surface area contributed by atoms with Gasteiger partial charge in [-0.2, -0.15) is 5.10 Å². The minimum absolute atomic E-state index is 0.0185. The van der Waals surface area contributed by atoms with Crippen LogP contribution < -0.4 is 5.32 Å². The Kier molecular flexibility index (Phi) is 2.78. The monoisotopic (exact) mass is 194 g/mol. The van der Waals surface area contributed by atoms with Crippen molar-refractivity contribution in [2.45, 2.75) is 19.4 Å². The number of aromatic nitrogens is 3. The average molecular weight is 194 g/mol. The van der Waals surface area contributed by atoms with E-state index < -0.39 is 0 Å². The molecule has 2 N–H and O–H groups in total. The lowest BCUT2D eigenvalue weighted by molar-refractivity contribution is 0.213. The second-order valence-electron chi connectivity index (χ2n) is 3.11. The molecule has 0 saturated carbocycles. The van der Waals surface area contributed by atoms with Gasteiger partial charge in [-0.05, 0) is 12.6 Å². The van der Waals surface area contributed by atoms with Gasteiger partial charge in [-0.3, -0.25) is 5.10 Å². The molecule has 76 valence electrons. The Morgan fingerprint density at radius 2 is 2.64 bits per heavy atom. The van der Waals surface area contributed by atoms with Gasteiger partial charge in [0.25, 0.3) is 0 Å². The molecule has 1 aromatic rings. The quantitative estimate of drug-likeness (QED) is 0.742. The maximum absolute atomic E-state index is 5.50. The van der Waals surface area contributed by atoms with E-state index in [1.54, 1.807) is 0 Å². The van der Waals surface area contributed by atoms with Crippen LogP contribution >= 0.6 is 0 Å². The zero-order chi connectivity index (χ0) is 9.80. The molecule has 0 bridgehead atoms. The Morgan fingerprint density at radius 3 is 3.21 bits per heavy atom. The van der Waals surface area contributed by atoms with Gasteiger partial charge < -0.3 is 10.1 Å². The zero-order valence-electron chi connectivity index (χ0n) is 8.16. The number of nitrogens with zero attached hydrogens (tertiary/aromatic N) is 2. The van der Waals surface area contributed by atoms with Gasteiger partial charge in [-0.15, -0.1) is 0 Å². The number of aromatic amines is 1. The summed E-state index contributed by atoms with van der Waals surface area (Å²) in [6.07, 6.45) is 4.58. The van der Waals surface area contributed by atoms with Gasteiger partial charge in [0.1, 0.15) is 24.0 Å². The van der Waals surface area contributed by atoms with E-state index >= 15 is 0 Å². The molecular weight excluding hydrogens is 180 g/mol. The highest BCUT2D eigenvalue weighted by atomic mass is 16.5. The molecule has 2 heterocycles. The lowest BCUT2D eigenvalue weighted by Crippen LogP contribution is -2.24. The molecule has 1 aliphatic heterocycles. The normalized spacial score (nSPS) is 17.6.